The van der Waals surface area contributed by atoms with Gasteiger partial charge >= 0.3 is 6.09 Å². The van der Waals surface area contributed by atoms with Crippen LogP contribution in [-0.2, 0) is 4.74 Å². The minimum absolute atomic E-state index is 0.0942. The molecule has 0 aromatic rings. The van der Waals surface area contributed by atoms with Crippen molar-refractivity contribution in [3.8, 4) is 0 Å². The van der Waals surface area contributed by atoms with Gasteiger partial charge in [-0.2, -0.15) is 0 Å². The van der Waals surface area contributed by atoms with Crippen molar-refractivity contribution >= 4 is 6.09 Å². The largest absolute Gasteiger partial charge is 0.446 e. The molecule has 0 radical (unpaired) electrons. The van der Waals surface area contributed by atoms with Crippen LogP contribution in [0.4, 0.5) is 4.79 Å². The molecule has 0 aliphatic heterocycles. The summed E-state index contributed by atoms with van der Waals surface area (Å²) in [7, 11) is 0. The number of rotatable bonds is 16. The van der Waals surface area contributed by atoms with Gasteiger partial charge in [-0.05, 0) is 117 Å². The van der Waals surface area contributed by atoms with Crippen LogP contribution in [0.1, 0.15) is 131 Å². The molecule has 9 heteroatoms. The molecule has 0 spiro atoms. The van der Waals surface area contributed by atoms with Gasteiger partial charge in [-0.3, -0.25) is 15.5 Å². The van der Waals surface area contributed by atoms with Gasteiger partial charge in [-0.1, -0.05) is 72.5 Å². The summed E-state index contributed by atoms with van der Waals surface area (Å²) in [5, 5.41) is 6.18. The minimum Gasteiger partial charge on any atom is -0.446 e. The lowest BCUT2D eigenvalue weighted by molar-refractivity contribution is -0.0600. The maximum Gasteiger partial charge on any atom is 0.411 e. The zero-order valence-corrected chi connectivity index (χ0v) is 30.2. The van der Waals surface area contributed by atoms with Gasteiger partial charge in [0.2, 0.25) is 0 Å². The van der Waals surface area contributed by atoms with Gasteiger partial charge in [0.15, 0.2) is 0 Å². The normalized spacial score (nSPS) is 33.8. The summed E-state index contributed by atoms with van der Waals surface area (Å²) in [6, 6.07) is 0. The summed E-state index contributed by atoms with van der Waals surface area (Å²) in [5.74, 6) is 4.94. The maximum absolute atomic E-state index is 13.7. The van der Waals surface area contributed by atoms with E-state index in [1.807, 2.05) is 6.92 Å². The lowest BCUT2D eigenvalue weighted by atomic mass is 9.47. The molecule has 0 bridgehead atoms. The number of unbranched alkanes of at least 4 members (excludes halogenated alkanes) is 1. The number of nitrogens with zero attached hydrogens (tertiary/aromatic N) is 1. The third kappa shape index (κ3) is 8.67. The number of carbonyl (C=O) groups excluding carboxylic acids is 1. The molecular formula is C37H71N7O2. The number of hydrogen-bond donors (Lipinski definition) is 6. The van der Waals surface area contributed by atoms with Crippen molar-refractivity contribution in [3.05, 3.63) is 11.6 Å². The Labute approximate surface area is 281 Å². The van der Waals surface area contributed by atoms with Crippen LogP contribution in [0.25, 0.3) is 0 Å². The second-order valence-electron chi connectivity index (χ2n) is 16.5. The summed E-state index contributed by atoms with van der Waals surface area (Å²) in [6.07, 6.45) is 16.8. The molecular weight excluding hydrogens is 574 g/mol. The quantitative estimate of drug-likeness (QED) is 0.0685. The standard InChI is InChI=1S/C37H71N7O2/c1-7-32(43-34(40)41)44(22-9-8-21-42-33(38)39)35(45)46-27-17-19-36(5)26(23-27)13-14-28-30-16-15-29(25(4)12-10-11-24(2)3)37(30,6)20-18-31(28)36/h13,24-25,27-34,42-43H,7-12,14-23,38-41H2,1-6H3. The minimum atomic E-state index is -0.714. The third-order valence-corrected chi connectivity index (χ3v) is 13.1. The summed E-state index contributed by atoms with van der Waals surface area (Å²) >= 11 is 0. The molecule has 9 nitrogen and oxygen atoms in total. The highest BCUT2D eigenvalue weighted by Crippen LogP contribution is 2.67. The van der Waals surface area contributed by atoms with Gasteiger partial charge in [0.1, 0.15) is 18.7 Å². The van der Waals surface area contributed by atoms with E-state index in [2.05, 4.69) is 51.3 Å². The van der Waals surface area contributed by atoms with Crippen molar-refractivity contribution in [2.24, 2.45) is 69.3 Å². The van der Waals surface area contributed by atoms with Gasteiger partial charge < -0.3 is 27.7 Å². The van der Waals surface area contributed by atoms with Crippen LogP contribution < -0.4 is 33.6 Å². The Morgan fingerprint density at radius 2 is 1.74 bits per heavy atom. The fraction of sp³-hybridized carbons (Fsp3) is 0.919. The van der Waals surface area contributed by atoms with E-state index in [0.717, 1.165) is 67.6 Å². The Hall–Kier alpha value is -1.23. The average Bonchev–Trinajstić information content (AvgIpc) is 3.35. The first-order valence-corrected chi connectivity index (χ1v) is 19.0. The highest BCUT2D eigenvalue weighted by Gasteiger charge is 2.59. The van der Waals surface area contributed by atoms with Crippen molar-refractivity contribution in [2.75, 3.05) is 13.1 Å². The molecule has 9 atom stereocenters. The van der Waals surface area contributed by atoms with Gasteiger partial charge in [0, 0.05) is 13.0 Å². The van der Waals surface area contributed by atoms with Gasteiger partial charge in [-0.15, -0.1) is 0 Å². The molecule has 0 heterocycles. The van der Waals surface area contributed by atoms with E-state index in [4.69, 9.17) is 27.7 Å². The SMILES string of the molecule is CCC(NC(N)N)N(CCCCNC(N)N)C(=O)OC1CCC2(C)C(=CCC3C2CCC2(C)C(C(C)CCCC(C)C)CCC32)C1. The van der Waals surface area contributed by atoms with E-state index >= 15 is 0 Å². The molecule has 4 aliphatic rings. The molecule has 1 amide bonds. The van der Waals surface area contributed by atoms with Gasteiger partial charge in [-0.25, -0.2) is 4.79 Å². The van der Waals surface area contributed by atoms with E-state index in [1.54, 1.807) is 10.5 Å². The predicted molar refractivity (Wildman–Crippen MR) is 189 cm³/mol. The summed E-state index contributed by atoms with van der Waals surface area (Å²) in [6.45, 7) is 15.8. The topological polar surface area (TPSA) is 158 Å². The van der Waals surface area contributed by atoms with E-state index < -0.39 is 12.6 Å². The molecule has 3 saturated carbocycles. The van der Waals surface area contributed by atoms with E-state index in [9.17, 15) is 4.79 Å². The van der Waals surface area contributed by atoms with Crippen LogP contribution in [0, 0.1) is 46.3 Å². The van der Waals surface area contributed by atoms with Crippen LogP contribution in [0.5, 0.6) is 0 Å². The zero-order chi connectivity index (χ0) is 33.6. The van der Waals surface area contributed by atoms with Crippen LogP contribution in [0.3, 0.4) is 0 Å². The zero-order valence-electron chi connectivity index (χ0n) is 30.2. The molecule has 0 saturated heterocycles. The first kappa shape index (κ1) is 37.6. The molecule has 10 N–H and O–H groups in total. The third-order valence-electron chi connectivity index (χ3n) is 13.1. The molecule has 4 aliphatic carbocycles. The van der Waals surface area contributed by atoms with Crippen molar-refractivity contribution in [1.82, 2.24) is 15.5 Å². The number of hydrogen-bond acceptors (Lipinski definition) is 8. The summed E-state index contributed by atoms with van der Waals surface area (Å²) in [4.78, 5) is 15.5. The number of fused-ring (bicyclic) bond motifs is 5. The van der Waals surface area contributed by atoms with Crippen molar-refractivity contribution in [3.63, 3.8) is 0 Å². The highest BCUT2D eigenvalue weighted by atomic mass is 16.6. The number of carbonyl (C=O) groups is 1. The van der Waals surface area contributed by atoms with E-state index in [0.29, 0.717) is 24.9 Å². The number of amides is 1. The smallest absolute Gasteiger partial charge is 0.411 e. The second kappa shape index (κ2) is 16.4. The number of nitrogens with two attached hydrogens (primary N) is 4. The highest BCUT2D eigenvalue weighted by molar-refractivity contribution is 5.68. The first-order valence-electron chi connectivity index (χ1n) is 19.0. The first-order chi connectivity index (χ1) is 21.8. The molecule has 9 unspecified atom stereocenters. The fourth-order valence-corrected chi connectivity index (χ4v) is 10.7. The van der Waals surface area contributed by atoms with E-state index in [1.165, 1.54) is 51.4 Å². The van der Waals surface area contributed by atoms with Crippen LogP contribution >= 0.6 is 0 Å². The lowest BCUT2D eigenvalue weighted by Crippen LogP contribution is -2.58. The Bertz CT molecular complexity index is 1000. The van der Waals surface area contributed by atoms with Crippen LogP contribution in [0.2, 0.25) is 0 Å². The Kier molecular flexibility index (Phi) is 13.4. The number of ether oxygens (including phenoxy) is 1. The Balaban J connectivity index is 1.39. The Morgan fingerprint density at radius 1 is 0.978 bits per heavy atom. The predicted octanol–water partition coefficient (Wildman–Crippen LogP) is 5.93. The van der Waals surface area contributed by atoms with Crippen molar-refractivity contribution < 1.29 is 9.53 Å². The van der Waals surface area contributed by atoms with Crippen molar-refractivity contribution in [2.45, 2.75) is 156 Å². The average molecular weight is 646 g/mol. The lowest BCUT2D eigenvalue weighted by Gasteiger charge is -2.58. The number of allylic oxidation sites excluding steroid dienone is 1. The van der Waals surface area contributed by atoms with E-state index in [-0.39, 0.29) is 23.8 Å². The van der Waals surface area contributed by atoms with Crippen LogP contribution in [0.15, 0.2) is 11.6 Å². The Morgan fingerprint density at radius 3 is 2.41 bits per heavy atom. The fourth-order valence-electron chi connectivity index (χ4n) is 10.7. The molecule has 0 aromatic carbocycles. The molecule has 46 heavy (non-hydrogen) atoms. The maximum atomic E-state index is 13.7. The number of nitrogens with one attached hydrogen (secondary N) is 2. The van der Waals surface area contributed by atoms with Crippen LogP contribution in [-0.4, -0.2) is 48.9 Å². The summed E-state index contributed by atoms with van der Waals surface area (Å²) in [5.41, 5.74) is 25.2. The van der Waals surface area contributed by atoms with Gasteiger partial charge in [0.25, 0.3) is 0 Å². The molecule has 0 aromatic heterocycles. The molecule has 3 fully saturated rings. The summed E-state index contributed by atoms with van der Waals surface area (Å²) < 4.78 is 6.28. The van der Waals surface area contributed by atoms with Crippen molar-refractivity contribution in [1.29, 1.82) is 0 Å². The van der Waals surface area contributed by atoms with Gasteiger partial charge in [0.05, 0.1) is 6.17 Å². The monoisotopic (exact) mass is 646 g/mol. The second-order valence-corrected chi connectivity index (χ2v) is 16.5. The molecule has 266 valence electrons. The molecule has 4 rings (SSSR count).